The van der Waals surface area contributed by atoms with Gasteiger partial charge in [0.2, 0.25) is 0 Å². The van der Waals surface area contributed by atoms with E-state index >= 15 is 0 Å². The second-order valence-corrected chi connectivity index (χ2v) is 11.4. The highest BCUT2D eigenvalue weighted by atomic mass is 32.2. The molecule has 0 radical (unpaired) electrons. The minimum atomic E-state index is -1.03. The number of carboxylic acids is 1. The van der Waals surface area contributed by atoms with E-state index in [0.717, 1.165) is 51.6 Å². The number of rotatable bonds is 14. The molecule has 9 heteroatoms. The number of carbonyl (C=O) groups excluding carboxylic acids is 1. The molecule has 0 bridgehead atoms. The van der Waals surface area contributed by atoms with Crippen molar-refractivity contribution in [1.29, 1.82) is 0 Å². The van der Waals surface area contributed by atoms with Crippen molar-refractivity contribution in [2.45, 2.75) is 65.7 Å². The van der Waals surface area contributed by atoms with Crippen LogP contribution in [0.25, 0.3) is 11.1 Å². The molecule has 3 rings (SSSR count). The zero-order chi connectivity index (χ0) is 29.5. The number of thioether (sulfide) groups is 1. The molecule has 7 nitrogen and oxygen atoms in total. The molecular weight excluding hydrogens is 544 g/mol. The molecule has 2 aromatic carbocycles. The maximum Gasteiger partial charge on any atom is 0.326 e. The van der Waals surface area contributed by atoms with Gasteiger partial charge in [-0.05, 0) is 86.4 Å². The van der Waals surface area contributed by atoms with Crippen molar-refractivity contribution in [3.8, 4) is 11.1 Å². The van der Waals surface area contributed by atoms with Gasteiger partial charge in [0.1, 0.15) is 6.04 Å². The molecule has 2 unspecified atom stereocenters. The lowest BCUT2D eigenvalue weighted by atomic mass is 9.93. The largest absolute Gasteiger partial charge is 0.480 e. The van der Waals surface area contributed by atoms with Gasteiger partial charge in [0.15, 0.2) is 0 Å². The number of aliphatic carboxylic acids is 1. The highest BCUT2D eigenvalue weighted by Crippen LogP contribution is 2.30. The third-order valence-electron chi connectivity index (χ3n) is 6.20. The van der Waals surface area contributed by atoms with E-state index in [1.165, 1.54) is 0 Å². The molecular formula is C31H42N2O5S2. The summed E-state index contributed by atoms with van der Waals surface area (Å²) in [7, 11) is 1.68. The summed E-state index contributed by atoms with van der Waals surface area (Å²) >= 11 is 3.24. The third-order valence-corrected chi connectivity index (χ3v) is 8.06. The normalized spacial score (nSPS) is 12.2. The Morgan fingerprint density at radius 3 is 2.50 bits per heavy atom. The number of nitrogens with one attached hydrogen (secondary N) is 1. The Morgan fingerprint density at radius 2 is 1.88 bits per heavy atom. The van der Waals surface area contributed by atoms with E-state index in [2.05, 4.69) is 22.0 Å². The summed E-state index contributed by atoms with van der Waals surface area (Å²) in [6, 6.07) is 12.5. The number of nitrogens with zero attached hydrogens (tertiary/aromatic N) is 1. The van der Waals surface area contributed by atoms with Crippen LogP contribution in [0.4, 0.5) is 0 Å². The Balaban J connectivity index is 0.00000131. The Kier molecular flexibility index (Phi) is 15.0. The van der Waals surface area contributed by atoms with Gasteiger partial charge in [0.05, 0.1) is 22.6 Å². The molecule has 40 heavy (non-hydrogen) atoms. The number of ether oxygens (including phenoxy) is 2. The first-order valence-corrected chi connectivity index (χ1v) is 15.7. The summed E-state index contributed by atoms with van der Waals surface area (Å²) in [6.07, 6.45) is 6.12. The average Bonchev–Trinajstić information content (AvgIpc) is 3.43. The maximum absolute atomic E-state index is 13.2. The van der Waals surface area contributed by atoms with Gasteiger partial charge in [0, 0.05) is 25.5 Å². The molecule has 0 aliphatic carbocycles. The Labute approximate surface area is 246 Å². The fraction of sp³-hybridized carbons (Fsp3) is 0.452. The molecule has 0 spiro atoms. The fourth-order valence-corrected chi connectivity index (χ4v) is 5.35. The van der Waals surface area contributed by atoms with Gasteiger partial charge in [-0.15, -0.1) is 11.3 Å². The zero-order valence-electron chi connectivity index (χ0n) is 24.4. The van der Waals surface area contributed by atoms with E-state index in [9.17, 15) is 14.7 Å². The molecule has 1 heterocycles. The van der Waals surface area contributed by atoms with Gasteiger partial charge < -0.3 is 19.9 Å². The van der Waals surface area contributed by atoms with E-state index in [-0.39, 0.29) is 6.10 Å². The zero-order valence-corrected chi connectivity index (χ0v) is 26.0. The summed E-state index contributed by atoms with van der Waals surface area (Å²) in [5.41, 5.74) is 4.11. The molecule has 0 aliphatic rings. The summed E-state index contributed by atoms with van der Waals surface area (Å²) in [5, 5.41) is 13.4. The van der Waals surface area contributed by atoms with E-state index < -0.39 is 17.9 Å². The number of hydrogen-bond acceptors (Lipinski definition) is 7. The lowest BCUT2D eigenvalue weighted by molar-refractivity contribution is -0.139. The summed E-state index contributed by atoms with van der Waals surface area (Å²) < 4.78 is 10.7. The van der Waals surface area contributed by atoms with Crippen molar-refractivity contribution in [2.24, 2.45) is 0 Å². The molecule has 0 saturated heterocycles. The van der Waals surface area contributed by atoms with Crippen LogP contribution in [0.2, 0.25) is 0 Å². The van der Waals surface area contributed by atoms with Crippen molar-refractivity contribution >= 4 is 35.0 Å². The van der Waals surface area contributed by atoms with Crippen LogP contribution in [0.3, 0.4) is 0 Å². The van der Waals surface area contributed by atoms with Crippen LogP contribution in [-0.2, 0) is 27.3 Å². The number of methoxy groups -OCH3 is 1. The van der Waals surface area contributed by atoms with Gasteiger partial charge in [-0.1, -0.05) is 37.3 Å². The third kappa shape index (κ3) is 10.4. The number of amides is 1. The van der Waals surface area contributed by atoms with Crippen LogP contribution >= 0.6 is 23.1 Å². The minimum Gasteiger partial charge on any atom is -0.480 e. The van der Waals surface area contributed by atoms with Crippen molar-refractivity contribution in [3.63, 3.8) is 0 Å². The highest BCUT2D eigenvalue weighted by Gasteiger charge is 2.23. The van der Waals surface area contributed by atoms with E-state index in [1.807, 2.05) is 69.6 Å². The first kappa shape index (κ1) is 33.5. The van der Waals surface area contributed by atoms with Gasteiger partial charge in [-0.3, -0.25) is 4.79 Å². The first-order valence-electron chi connectivity index (χ1n) is 13.5. The molecule has 2 atom stereocenters. The van der Waals surface area contributed by atoms with Crippen molar-refractivity contribution in [2.75, 3.05) is 25.7 Å². The standard InChI is InChI=1S/C28H34N2O4S2.C3H8O/c1-5-8-26-29-16-25(36-26)19(3)34-17-20-11-12-22(23(15-20)21-10-7-6-9-18(21)2)27(31)30-24(28(32)33)13-14-35-4;1-3-4-2/h6-7,9-12,15-16,19,24H,5,8,13-14,17H2,1-4H3,(H,30,31)(H,32,33);3H2,1-2H3. The molecule has 0 saturated carbocycles. The number of carboxylic acid groups (broad SMARTS) is 1. The summed E-state index contributed by atoms with van der Waals surface area (Å²) in [6.45, 7) is 9.32. The van der Waals surface area contributed by atoms with E-state index in [1.54, 1.807) is 36.3 Å². The van der Waals surface area contributed by atoms with Crippen LogP contribution in [0.1, 0.15) is 71.1 Å². The Bertz CT molecular complexity index is 1210. The Hall–Kier alpha value is -2.72. The average molecular weight is 587 g/mol. The molecule has 1 amide bonds. The van der Waals surface area contributed by atoms with Crippen molar-refractivity contribution in [3.05, 3.63) is 75.2 Å². The SMILES string of the molecule is CCCc1ncc(C(C)OCc2ccc(C(=O)NC(CCSC)C(=O)O)c(-c3ccccc3C)c2)s1.CCOC. The van der Waals surface area contributed by atoms with Crippen LogP contribution in [-0.4, -0.2) is 53.7 Å². The molecule has 0 aliphatic heterocycles. The minimum absolute atomic E-state index is 0.0919. The number of aromatic nitrogens is 1. The van der Waals surface area contributed by atoms with Crippen molar-refractivity contribution in [1.82, 2.24) is 10.3 Å². The predicted molar refractivity (Wildman–Crippen MR) is 165 cm³/mol. The predicted octanol–water partition coefficient (Wildman–Crippen LogP) is 6.94. The van der Waals surface area contributed by atoms with Gasteiger partial charge in [0.25, 0.3) is 5.91 Å². The van der Waals surface area contributed by atoms with Gasteiger partial charge in [-0.25, -0.2) is 9.78 Å². The molecule has 218 valence electrons. The highest BCUT2D eigenvalue weighted by molar-refractivity contribution is 7.98. The monoisotopic (exact) mass is 586 g/mol. The second kappa shape index (κ2) is 17.9. The quantitative estimate of drug-likeness (QED) is 0.211. The number of carbonyl (C=O) groups is 2. The van der Waals surface area contributed by atoms with E-state index in [4.69, 9.17) is 4.74 Å². The number of hydrogen-bond donors (Lipinski definition) is 2. The van der Waals surface area contributed by atoms with Gasteiger partial charge in [-0.2, -0.15) is 11.8 Å². The van der Waals surface area contributed by atoms with Crippen LogP contribution in [0.15, 0.2) is 48.7 Å². The van der Waals surface area contributed by atoms with Crippen LogP contribution in [0, 0.1) is 6.92 Å². The lowest BCUT2D eigenvalue weighted by Crippen LogP contribution is -2.41. The number of benzene rings is 2. The summed E-state index contributed by atoms with van der Waals surface area (Å²) in [5.74, 6) is -0.773. The van der Waals surface area contributed by atoms with Crippen molar-refractivity contribution < 1.29 is 24.2 Å². The number of aryl methyl sites for hydroxylation is 2. The smallest absolute Gasteiger partial charge is 0.326 e. The van der Waals surface area contributed by atoms with Crippen LogP contribution < -0.4 is 5.32 Å². The molecule has 1 aromatic heterocycles. The first-order chi connectivity index (χ1) is 19.2. The summed E-state index contributed by atoms with van der Waals surface area (Å²) in [4.78, 5) is 30.5. The molecule has 3 aromatic rings. The van der Waals surface area contributed by atoms with Crippen LogP contribution in [0.5, 0.6) is 0 Å². The van der Waals surface area contributed by atoms with E-state index in [0.29, 0.717) is 24.3 Å². The second-order valence-electron chi connectivity index (χ2n) is 9.28. The fourth-order valence-electron chi connectivity index (χ4n) is 3.85. The maximum atomic E-state index is 13.2. The Morgan fingerprint density at radius 1 is 1.15 bits per heavy atom. The molecule has 2 N–H and O–H groups in total. The lowest BCUT2D eigenvalue weighted by Gasteiger charge is -2.18. The molecule has 0 fully saturated rings. The topological polar surface area (TPSA) is 97.8 Å². The van der Waals surface area contributed by atoms with Gasteiger partial charge >= 0.3 is 5.97 Å². The number of thiazole rings is 1.